The molecule has 8 heteroatoms. The van der Waals surface area contributed by atoms with Crippen molar-refractivity contribution < 1.29 is 22.8 Å². The first-order valence-electron chi connectivity index (χ1n) is 9.77. The Morgan fingerprint density at radius 2 is 1.73 bits per heavy atom. The molecule has 1 unspecified atom stereocenters. The lowest BCUT2D eigenvalue weighted by molar-refractivity contribution is -0.133. The molecule has 154 valence electrons. The van der Waals surface area contributed by atoms with Crippen LogP contribution in [0.1, 0.15) is 53.9 Å². The highest BCUT2D eigenvalue weighted by Gasteiger charge is 2.39. The summed E-state index contributed by atoms with van der Waals surface area (Å²) in [6, 6.07) is 0.0436. The average molecular weight is 408 g/mol. The lowest BCUT2D eigenvalue weighted by Crippen LogP contribution is -2.50. The maximum Gasteiger partial charge on any atom is 0.340 e. The van der Waals surface area contributed by atoms with Crippen molar-refractivity contribution in [2.75, 3.05) is 32.5 Å². The number of likely N-dealkylation sites (tertiary alicyclic amines) is 1. The number of rotatable bonds is 9. The Labute approximate surface area is 160 Å². The molecule has 0 bridgehead atoms. The number of piperidine rings is 1. The fourth-order valence-electron chi connectivity index (χ4n) is 2.80. The van der Waals surface area contributed by atoms with Gasteiger partial charge in [-0.3, -0.25) is 9.36 Å². The van der Waals surface area contributed by atoms with Crippen molar-refractivity contribution in [1.82, 2.24) is 4.90 Å². The van der Waals surface area contributed by atoms with Crippen LogP contribution in [0.5, 0.6) is 0 Å². The molecule has 6 nitrogen and oxygen atoms in total. The van der Waals surface area contributed by atoms with Crippen LogP contribution in [0.15, 0.2) is 0 Å². The van der Waals surface area contributed by atoms with E-state index in [-0.39, 0.29) is 36.4 Å². The zero-order chi connectivity index (χ0) is 20.0. The van der Waals surface area contributed by atoms with Gasteiger partial charge in [0.15, 0.2) is 8.32 Å². The predicted molar refractivity (Wildman–Crippen MR) is 108 cm³/mol. The second-order valence-electron chi connectivity index (χ2n) is 8.41. The molecule has 0 aromatic rings. The van der Waals surface area contributed by atoms with E-state index < -0.39 is 15.9 Å². The van der Waals surface area contributed by atoms with Gasteiger partial charge in [-0.05, 0) is 51.2 Å². The lowest BCUT2D eigenvalue weighted by atomic mass is 10.0. The number of hydrogen-bond acceptors (Lipinski definition) is 5. The van der Waals surface area contributed by atoms with Crippen molar-refractivity contribution >= 4 is 21.8 Å². The van der Waals surface area contributed by atoms with E-state index in [2.05, 4.69) is 33.9 Å². The third-order valence-electron chi connectivity index (χ3n) is 5.37. The summed E-state index contributed by atoms with van der Waals surface area (Å²) in [5, 5.41) is 0.135. The van der Waals surface area contributed by atoms with E-state index in [9.17, 15) is 9.36 Å². The van der Waals surface area contributed by atoms with Crippen LogP contribution in [0.2, 0.25) is 18.1 Å². The van der Waals surface area contributed by atoms with Crippen LogP contribution in [0.25, 0.3) is 0 Å². The van der Waals surface area contributed by atoms with Gasteiger partial charge in [-0.15, -0.1) is 0 Å². The van der Waals surface area contributed by atoms with Crippen LogP contribution in [0.4, 0.5) is 0 Å². The van der Waals surface area contributed by atoms with Crippen LogP contribution in [-0.4, -0.2) is 57.7 Å². The monoisotopic (exact) mass is 407 g/mol. The van der Waals surface area contributed by atoms with Gasteiger partial charge in [-0.25, -0.2) is 0 Å². The molecule has 0 spiro atoms. The Morgan fingerprint density at radius 1 is 1.15 bits per heavy atom. The molecule has 26 heavy (non-hydrogen) atoms. The lowest BCUT2D eigenvalue weighted by Gasteiger charge is -2.41. The number of amides is 1. The molecule has 1 fully saturated rings. The highest BCUT2D eigenvalue weighted by molar-refractivity contribution is 7.54. The molecule has 0 radical (unpaired) electrons. The molecule has 1 aliphatic rings. The zero-order valence-electron chi connectivity index (χ0n) is 17.7. The maximum absolute atomic E-state index is 12.8. The van der Waals surface area contributed by atoms with Gasteiger partial charge < -0.3 is 18.4 Å². The molecule has 0 aliphatic carbocycles. The standard InChI is InChI=1S/C18H38NO5PSi/c1-8-22-25(21,23-9-2)15-17(20)19-13-11-10-12-16(19)14-24-26(6,7)18(3,4)5/h16H,8-15H2,1-7H3. The summed E-state index contributed by atoms with van der Waals surface area (Å²) in [6.07, 6.45) is 2.79. The van der Waals surface area contributed by atoms with Gasteiger partial charge in [-0.1, -0.05) is 20.8 Å². The quantitative estimate of drug-likeness (QED) is 0.411. The summed E-state index contributed by atoms with van der Waals surface area (Å²) in [5.74, 6) is -0.154. The van der Waals surface area contributed by atoms with E-state index in [1.165, 1.54) is 0 Å². The third kappa shape index (κ3) is 6.75. The van der Waals surface area contributed by atoms with Crippen LogP contribution in [-0.2, 0) is 22.8 Å². The van der Waals surface area contributed by atoms with Crippen LogP contribution < -0.4 is 0 Å². The molecule has 0 saturated carbocycles. The number of nitrogens with zero attached hydrogens (tertiary/aromatic N) is 1. The van der Waals surface area contributed by atoms with Crippen molar-refractivity contribution in [3.63, 3.8) is 0 Å². The fraction of sp³-hybridized carbons (Fsp3) is 0.944. The molecule has 1 atom stereocenters. The van der Waals surface area contributed by atoms with Gasteiger partial charge >= 0.3 is 7.60 Å². The Balaban J connectivity index is 2.78. The topological polar surface area (TPSA) is 65.1 Å². The molecule has 1 saturated heterocycles. The fourth-order valence-corrected chi connectivity index (χ4v) is 5.40. The Morgan fingerprint density at radius 3 is 2.23 bits per heavy atom. The zero-order valence-corrected chi connectivity index (χ0v) is 19.6. The number of carbonyl (C=O) groups excluding carboxylic acids is 1. The molecule has 1 heterocycles. The minimum atomic E-state index is -3.37. The van der Waals surface area contributed by atoms with Gasteiger partial charge in [0.1, 0.15) is 6.16 Å². The highest BCUT2D eigenvalue weighted by atomic mass is 31.2. The smallest absolute Gasteiger partial charge is 0.340 e. The van der Waals surface area contributed by atoms with Crippen molar-refractivity contribution in [3.8, 4) is 0 Å². The molecule has 1 rings (SSSR count). The van der Waals surface area contributed by atoms with Crippen LogP contribution in [0.3, 0.4) is 0 Å². The van der Waals surface area contributed by atoms with Gasteiger partial charge in [0.05, 0.1) is 25.9 Å². The second-order valence-corrected chi connectivity index (χ2v) is 15.3. The SMILES string of the molecule is CCOP(=O)(CC(=O)N1CCCCC1CO[Si](C)(C)C(C)(C)C)OCC. The summed E-state index contributed by atoms with van der Waals surface area (Å²) < 4.78 is 29.6. The van der Waals surface area contributed by atoms with E-state index in [4.69, 9.17) is 13.5 Å². The molecule has 1 amide bonds. The summed E-state index contributed by atoms with van der Waals surface area (Å²) in [4.78, 5) is 14.7. The minimum absolute atomic E-state index is 0.0436. The summed E-state index contributed by atoms with van der Waals surface area (Å²) in [7, 11) is -5.24. The van der Waals surface area contributed by atoms with Gasteiger partial charge in [0.25, 0.3) is 0 Å². The molecule has 0 aromatic heterocycles. The summed E-state index contributed by atoms with van der Waals surface area (Å²) in [5.41, 5.74) is 0. The van der Waals surface area contributed by atoms with Crippen LogP contribution in [0, 0.1) is 0 Å². The molecular formula is C18H38NO5PSi. The summed E-state index contributed by atoms with van der Waals surface area (Å²) in [6.45, 7) is 16.4. The Hall–Kier alpha value is -0.203. The first-order valence-corrected chi connectivity index (χ1v) is 14.4. The normalized spacial score (nSPS) is 19.7. The molecular weight excluding hydrogens is 369 g/mol. The number of carbonyl (C=O) groups is 1. The van der Waals surface area contributed by atoms with Gasteiger partial charge in [0.2, 0.25) is 5.91 Å². The average Bonchev–Trinajstić information content (AvgIpc) is 2.52. The van der Waals surface area contributed by atoms with Crippen molar-refractivity contribution in [2.24, 2.45) is 0 Å². The Bertz CT molecular complexity index is 496. The first-order chi connectivity index (χ1) is 12.0. The second kappa shape index (κ2) is 9.83. The van der Waals surface area contributed by atoms with Gasteiger partial charge in [0, 0.05) is 6.54 Å². The molecule has 0 N–H and O–H groups in total. The van der Waals surface area contributed by atoms with E-state index in [1.807, 2.05) is 4.90 Å². The van der Waals surface area contributed by atoms with Crippen molar-refractivity contribution in [3.05, 3.63) is 0 Å². The maximum atomic E-state index is 12.8. The predicted octanol–water partition coefficient (Wildman–Crippen LogP) is 4.66. The van der Waals surface area contributed by atoms with E-state index in [0.717, 1.165) is 19.3 Å². The van der Waals surface area contributed by atoms with E-state index in [0.29, 0.717) is 13.2 Å². The van der Waals surface area contributed by atoms with Crippen molar-refractivity contribution in [2.45, 2.75) is 78.1 Å². The molecule has 1 aliphatic heterocycles. The molecule has 0 aromatic carbocycles. The summed E-state index contributed by atoms with van der Waals surface area (Å²) >= 11 is 0. The van der Waals surface area contributed by atoms with E-state index in [1.54, 1.807) is 13.8 Å². The largest absolute Gasteiger partial charge is 0.415 e. The number of hydrogen-bond donors (Lipinski definition) is 0. The third-order valence-corrected chi connectivity index (χ3v) is 11.8. The van der Waals surface area contributed by atoms with Crippen LogP contribution >= 0.6 is 7.60 Å². The minimum Gasteiger partial charge on any atom is -0.415 e. The first kappa shape index (κ1) is 23.8. The van der Waals surface area contributed by atoms with Crippen molar-refractivity contribution in [1.29, 1.82) is 0 Å². The highest BCUT2D eigenvalue weighted by Crippen LogP contribution is 2.48. The Kier molecular flexibility index (Phi) is 9.01. The van der Waals surface area contributed by atoms with Gasteiger partial charge in [-0.2, -0.15) is 0 Å². The van der Waals surface area contributed by atoms with E-state index >= 15 is 0 Å².